The number of hydrogen-bond acceptors (Lipinski definition) is 4. The first kappa shape index (κ1) is 12.7. The lowest BCUT2D eigenvalue weighted by Gasteiger charge is -2.36. The summed E-state index contributed by atoms with van der Waals surface area (Å²) in [6.07, 6.45) is 3.06. The fourth-order valence-electron chi connectivity index (χ4n) is 2.46. The van der Waals surface area contributed by atoms with E-state index in [0.29, 0.717) is 18.2 Å². The number of nitrogens with zero attached hydrogens (tertiary/aromatic N) is 1. The summed E-state index contributed by atoms with van der Waals surface area (Å²) in [5, 5.41) is 3.74. The Kier molecular flexibility index (Phi) is 4.95. The van der Waals surface area contributed by atoms with E-state index in [0.717, 1.165) is 19.7 Å². The number of morpholine rings is 1. The van der Waals surface area contributed by atoms with Crippen molar-refractivity contribution < 1.29 is 4.74 Å². The van der Waals surface area contributed by atoms with Crippen LogP contribution in [0.2, 0.25) is 0 Å². The van der Waals surface area contributed by atoms with Crippen LogP contribution in [0.1, 0.15) is 19.8 Å². The second-order valence-electron chi connectivity index (χ2n) is 5.04. The highest BCUT2D eigenvalue weighted by Gasteiger charge is 2.25. The first-order valence-corrected chi connectivity index (χ1v) is 7.55. The minimum atomic E-state index is 0.366. The van der Waals surface area contributed by atoms with Gasteiger partial charge in [0.2, 0.25) is 0 Å². The monoisotopic (exact) mass is 244 g/mol. The summed E-state index contributed by atoms with van der Waals surface area (Å²) in [5.41, 5.74) is 0. The lowest BCUT2D eigenvalue weighted by Crippen LogP contribution is -2.53. The van der Waals surface area contributed by atoms with Crippen LogP contribution in [-0.4, -0.2) is 61.3 Å². The van der Waals surface area contributed by atoms with Crippen LogP contribution < -0.4 is 5.32 Å². The summed E-state index contributed by atoms with van der Waals surface area (Å²) < 4.78 is 5.84. The minimum Gasteiger partial charge on any atom is -0.374 e. The molecule has 0 aliphatic carbocycles. The van der Waals surface area contributed by atoms with Crippen molar-refractivity contribution in [2.24, 2.45) is 0 Å². The first-order chi connectivity index (χ1) is 7.75. The fraction of sp³-hybridized carbons (Fsp3) is 1.00. The number of nitrogens with one attached hydrogen (secondary N) is 1. The molecule has 3 nitrogen and oxygen atoms in total. The maximum absolute atomic E-state index is 5.84. The SMILES string of the molecule is C[C@H](N[C@H]1CCCSC1)[C@@H]1CN(C)CCO1. The molecule has 0 spiro atoms. The molecule has 3 atom stereocenters. The van der Waals surface area contributed by atoms with Crippen molar-refractivity contribution in [1.29, 1.82) is 0 Å². The van der Waals surface area contributed by atoms with Gasteiger partial charge < -0.3 is 15.0 Å². The molecule has 0 unspecified atom stereocenters. The zero-order valence-corrected chi connectivity index (χ0v) is 11.3. The predicted molar refractivity (Wildman–Crippen MR) is 70.2 cm³/mol. The van der Waals surface area contributed by atoms with Crippen LogP contribution in [0.4, 0.5) is 0 Å². The molecule has 1 N–H and O–H groups in total. The Balaban J connectivity index is 1.75. The summed E-state index contributed by atoms with van der Waals surface area (Å²) in [4.78, 5) is 2.36. The van der Waals surface area contributed by atoms with Gasteiger partial charge in [0.05, 0.1) is 12.7 Å². The second-order valence-corrected chi connectivity index (χ2v) is 6.19. The lowest BCUT2D eigenvalue weighted by atomic mass is 10.1. The van der Waals surface area contributed by atoms with Crippen molar-refractivity contribution in [3.63, 3.8) is 0 Å². The van der Waals surface area contributed by atoms with Crippen molar-refractivity contribution in [3.8, 4) is 0 Å². The second kappa shape index (κ2) is 6.24. The van der Waals surface area contributed by atoms with Crippen molar-refractivity contribution in [1.82, 2.24) is 10.2 Å². The predicted octanol–water partition coefficient (Wildman–Crippen LogP) is 1.19. The molecular formula is C12H24N2OS. The Morgan fingerprint density at radius 3 is 3.06 bits per heavy atom. The zero-order chi connectivity index (χ0) is 11.4. The number of likely N-dealkylation sites (N-methyl/N-ethyl adjacent to an activating group) is 1. The van der Waals surface area contributed by atoms with Crippen molar-refractivity contribution >= 4 is 11.8 Å². The molecule has 0 saturated carbocycles. The van der Waals surface area contributed by atoms with E-state index in [9.17, 15) is 0 Å². The zero-order valence-electron chi connectivity index (χ0n) is 10.4. The van der Waals surface area contributed by atoms with Crippen LogP contribution in [0.5, 0.6) is 0 Å². The third-order valence-corrected chi connectivity index (χ3v) is 4.73. The molecule has 2 heterocycles. The Hall–Kier alpha value is 0.230. The van der Waals surface area contributed by atoms with Crippen LogP contribution in [0.15, 0.2) is 0 Å². The third kappa shape index (κ3) is 3.62. The van der Waals surface area contributed by atoms with Crippen LogP contribution in [-0.2, 0) is 4.74 Å². The molecule has 0 bridgehead atoms. The van der Waals surface area contributed by atoms with Gasteiger partial charge in [-0.05, 0) is 32.6 Å². The molecule has 0 aromatic carbocycles. The van der Waals surface area contributed by atoms with E-state index in [1.807, 2.05) is 0 Å². The largest absolute Gasteiger partial charge is 0.374 e. The molecule has 16 heavy (non-hydrogen) atoms. The van der Waals surface area contributed by atoms with Crippen LogP contribution in [0, 0.1) is 0 Å². The van der Waals surface area contributed by atoms with E-state index >= 15 is 0 Å². The first-order valence-electron chi connectivity index (χ1n) is 6.39. The molecule has 4 heteroatoms. The number of rotatable bonds is 3. The Morgan fingerprint density at radius 1 is 1.50 bits per heavy atom. The molecule has 94 valence electrons. The van der Waals surface area contributed by atoms with Gasteiger partial charge in [0.25, 0.3) is 0 Å². The van der Waals surface area contributed by atoms with Crippen molar-refractivity contribution in [2.45, 2.75) is 38.0 Å². The summed E-state index contributed by atoms with van der Waals surface area (Å²) >= 11 is 2.08. The summed E-state index contributed by atoms with van der Waals surface area (Å²) in [6, 6.07) is 1.18. The van der Waals surface area contributed by atoms with Gasteiger partial charge in [0.15, 0.2) is 0 Å². The van der Waals surface area contributed by atoms with Crippen LogP contribution in [0.3, 0.4) is 0 Å². The summed E-state index contributed by atoms with van der Waals surface area (Å²) in [5.74, 6) is 2.61. The summed E-state index contributed by atoms with van der Waals surface area (Å²) in [6.45, 7) is 5.28. The molecule has 0 aromatic rings. The maximum atomic E-state index is 5.84. The molecule has 2 aliphatic heterocycles. The van der Waals surface area contributed by atoms with Gasteiger partial charge in [-0.25, -0.2) is 0 Å². The topological polar surface area (TPSA) is 24.5 Å². The highest BCUT2D eigenvalue weighted by Crippen LogP contribution is 2.18. The van der Waals surface area contributed by atoms with Crippen molar-refractivity contribution in [3.05, 3.63) is 0 Å². The van der Waals surface area contributed by atoms with E-state index in [1.165, 1.54) is 24.3 Å². The molecule has 2 aliphatic rings. The number of ether oxygens (including phenoxy) is 1. The van der Waals surface area contributed by atoms with Gasteiger partial charge in [-0.1, -0.05) is 0 Å². The normalized spacial score (nSPS) is 34.9. The van der Waals surface area contributed by atoms with Gasteiger partial charge in [0, 0.05) is 30.9 Å². The molecule has 0 aromatic heterocycles. The molecule has 0 radical (unpaired) electrons. The Bertz CT molecular complexity index is 209. The Labute approximate surface area is 103 Å². The van der Waals surface area contributed by atoms with E-state index in [1.54, 1.807) is 0 Å². The average molecular weight is 244 g/mol. The van der Waals surface area contributed by atoms with Crippen LogP contribution in [0.25, 0.3) is 0 Å². The van der Waals surface area contributed by atoms with Gasteiger partial charge in [-0.2, -0.15) is 11.8 Å². The standard InChI is InChI=1S/C12H24N2OS/c1-10(12-8-14(2)5-6-15-12)13-11-4-3-7-16-9-11/h10-13H,3-9H2,1-2H3/t10-,11-,12-/m0/s1. The minimum absolute atomic E-state index is 0.366. The van der Waals surface area contributed by atoms with Gasteiger partial charge in [-0.15, -0.1) is 0 Å². The fourth-order valence-corrected chi connectivity index (χ4v) is 3.55. The molecule has 2 fully saturated rings. The molecule has 0 amide bonds. The van der Waals surface area contributed by atoms with E-state index in [2.05, 4.69) is 35.9 Å². The summed E-state index contributed by atoms with van der Waals surface area (Å²) in [7, 11) is 2.18. The van der Waals surface area contributed by atoms with E-state index < -0.39 is 0 Å². The Morgan fingerprint density at radius 2 is 2.38 bits per heavy atom. The highest BCUT2D eigenvalue weighted by atomic mass is 32.2. The van der Waals surface area contributed by atoms with Crippen molar-refractivity contribution in [2.75, 3.05) is 38.2 Å². The maximum Gasteiger partial charge on any atom is 0.0852 e. The third-order valence-electron chi connectivity index (χ3n) is 3.51. The van der Waals surface area contributed by atoms with Crippen LogP contribution >= 0.6 is 11.8 Å². The molecular weight excluding hydrogens is 220 g/mol. The highest BCUT2D eigenvalue weighted by molar-refractivity contribution is 7.99. The smallest absolute Gasteiger partial charge is 0.0852 e. The van der Waals surface area contributed by atoms with Gasteiger partial charge >= 0.3 is 0 Å². The molecule has 2 rings (SSSR count). The van der Waals surface area contributed by atoms with Gasteiger partial charge in [0.1, 0.15) is 0 Å². The van der Waals surface area contributed by atoms with E-state index in [-0.39, 0.29) is 0 Å². The lowest BCUT2D eigenvalue weighted by molar-refractivity contribution is -0.0369. The quantitative estimate of drug-likeness (QED) is 0.806. The van der Waals surface area contributed by atoms with Gasteiger partial charge in [-0.3, -0.25) is 0 Å². The molecule has 2 saturated heterocycles. The average Bonchev–Trinajstić information content (AvgIpc) is 2.30. The number of thioether (sulfide) groups is 1. The van der Waals surface area contributed by atoms with E-state index in [4.69, 9.17) is 4.74 Å². The number of hydrogen-bond donors (Lipinski definition) is 1.